The van der Waals surface area contributed by atoms with Crippen molar-refractivity contribution in [2.45, 2.75) is 33.2 Å². The third kappa shape index (κ3) is 4.70. The summed E-state index contributed by atoms with van der Waals surface area (Å²) in [5, 5.41) is 7.08. The van der Waals surface area contributed by atoms with Gasteiger partial charge in [0.2, 0.25) is 0 Å². The van der Waals surface area contributed by atoms with Crippen molar-refractivity contribution in [1.29, 1.82) is 0 Å². The van der Waals surface area contributed by atoms with E-state index in [1.807, 2.05) is 19.1 Å². The average molecular weight is 326 g/mol. The van der Waals surface area contributed by atoms with Crippen LogP contribution in [-0.2, 0) is 6.54 Å². The van der Waals surface area contributed by atoms with Crippen molar-refractivity contribution in [3.05, 3.63) is 22.7 Å². The first-order valence-electron chi connectivity index (χ1n) is 7.84. The Morgan fingerprint density at radius 2 is 2.05 bits per heavy atom. The summed E-state index contributed by atoms with van der Waals surface area (Å²) in [5.41, 5.74) is 1.00. The SMILES string of the molecule is CCCNC(=NCc1cc(Cl)c2c(c1)OCCCO2)NCC. The number of hydrogen-bond donors (Lipinski definition) is 2. The summed E-state index contributed by atoms with van der Waals surface area (Å²) >= 11 is 6.30. The number of fused-ring (bicyclic) bond motifs is 1. The minimum absolute atomic E-state index is 0.537. The zero-order chi connectivity index (χ0) is 15.8. The van der Waals surface area contributed by atoms with Crippen molar-refractivity contribution in [3.8, 4) is 11.5 Å². The zero-order valence-electron chi connectivity index (χ0n) is 13.2. The molecule has 1 aliphatic rings. The highest BCUT2D eigenvalue weighted by molar-refractivity contribution is 6.32. The second-order valence-corrected chi connectivity index (χ2v) is 5.48. The van der Waals surface area contributed by atoms with Gasteiger partial charge in [-0.25, -0.2) is 4.99 Å². The van der Waals surface area contributed by atoms with E-state index in [-0.39, 0.29) is 0 Å². The molecule has 1 heterocycles. The molecular formula is C16H24ClN3O2. The van der Waals surface area contributed by atoms with E-state index in [0.29, 0.717) is 36.3 Å². The molecule has 0 bridgehead atoms. The lowest BCUT2D eigenvalue weighted by molar-refractivity contribution is 0.297. The number of hydrogen-bond acceptors (Lipinski definition) is 3. The fourth-order valence-electron chi connectivity index (χ4n) is 2.13. The molecule has 22 heavy (non-hydrogen) atoms. The maximum atomic E-state index is 6.30. The van der Waals surface area contributed by atoms with Crippen LogP contribution >= 0.6 is 11.6 Å². The van der Waals surface area contributed by atoms with Gasteiger partial charge in [0.05, 0.1) is 24.8 Å². The number of ether oxygens (including phenoxy) is 2. The van der Waals surface area contributed by atoms with Crippen molar-refractivity contribution in [3.63, 3.8) is 0 Å². The molecule has 5 nitrogen and oxygen atoms in total. The molecule has 2 rings (SSSR count). The van der Waals surface area contributed by atoms with E-state index >= 15 is 0 Å². The quantitative estimate of drug-likeness (QED) is 0.645. The van der Waals surface area contributed by atoms with Gasteiger partial charge in [0, 0.05) is 19.5 Å². The lowest BCUT2D eigenvalue weighted by Gasteiger charge is -2.12. The Hall–Kier alpha value is -1.62. The highest BCUT2D eigenvalue weighted by atomic mass is 35.5. The second kappa shape index (κ2) is 8.73. The first kappa shape index (κ1) is 16.7. The molecule has 0 saturated carbocycles. The molecule has 6 heteroatoms. The first-order chi connectivity index (χ1) is 10.7. The fraction of sp³-hybridized carbons (Fsp3) is 0.562. The molecule has 0 atom stereocenters. The Morgan fingerprint density at radius 1 is 1.23 bits per heavy atom. The van der Waals surface area contributed by atoms with Gasteiger partial charge in [0.15, 0.2) is 17.5 Å². The van der Waals surface area contributed by atoms with Crippen LogP contribution in [0.5, 0.6) is 11.5 Å². The molecule has 2 N–H and O–H groups in total. The van der Waals surface area contributed by atoms with Gasteiger partial charge in [-0.15, -0.1) is 0 Å². The number of nitrogens with zero attached hydrogens (tertiary/aromatic N) is 1. The van der Waals surface area contributed by atoms with E-state index in [4.69, 9.17) is 21.1 Å². The molecule has 1 aromatic carbocycles. The smallest absolute Gasteiger partial charge is 0.191 e. The van der Waals surface area contributed by atoms with Gasteiger partial charge in [-0.1, -0.05) is 18.5 Å². The fourth-order valence-corrected chi connectivity index (χ4v) is 2.42. The van der Waals surface area contributed by atoms with E-state index in [1.54, 1.807) is 0 Å². The predicted octanol–water partition coefficient (Wildman–Crippen LogP) is 2.97. The number of benzene rings is 1. The molecule has 1 aromatic rings. The van der Waals surface area contributed by atoms with E-state index in [9.17, 15) is 0 Å². The Kier molecular flexibility index (Phi) is 6.65. The first-order valence-corrected chi connectivity index (χ1v) is 8.22. The summed E-state index contributed by atoms with van der Waals surface area (Å²) in [6.07, 6.45) is 1.92. The maximum absolute atomic E-state index is 6.30. The van der Waals surface area contributed by atoms with E-state index in [0.717, 1.165) is 37.5 Å². The number of aliphatic imine (C=N–C) groups is 1. The summed E-state index contributed by atoms with van der Waals surface area (Å²) in [6.45, 7) is 7.72. The van der Waals surface area contributed by atoms with Crippen molar-refractivity contribution in [1.82, 2.24) is 10.6 Å². The number of halogens is 1. The van der Waals surface area contributed by atoms with E-state index in [1.165, 1.54) is 0 Å². The number of nitrogens with one attached hydrogen (secondary N) is 2. The van der Waals surface area contributed by atoms with E-state index < -0.39 is 0 Å². The van der Waals surface area contributed by atoms with Crippen LogP contribution in [0.15, 0.2) is 17.1 Å². The lowest BCUT2D eigenvalue weighted by atomic mass is 10.2. The Labute approximate surface area is 137 Å². The van der Waals surface area contributed by atoms with Crippen LogP contribution in [0.1, 0.15) is 32.3 Å². The molecule has 0 aromatic heterocycles. The van der Waals surface area contributed by atoms with Crippen LogP contribution < -0.4 is 20.1 Å². The molecule has 0 fully saturated rings. The van der Waals surface area contributed by atoms with E-state index in [2.05, 4.69) is 22.5 Å². The van der Waals surface area contributed by atoms with Gasteiger partial charge in [0.25, 0.3) is 0 Å². The summed E-state index contributed by atoms with van der Waals surface area (Å²) in [6, 6.07) is 3.85. The third-order valence-electron chi connectivity index (χ3n) is 3.17. The average Bonchev–Trinajstić information content (AvgIpc) is 2.76. The Bertz CT molecular complexity index is 520. The van der Waals surface area contributed by atoms with Gasteiger partial charge in [-0.05, 0) is 31.0 Å². The molecule has 0 saturated heterocycles. The van der Waals surface area contributed by atoms with Crippen LogP contribution in [0.2, 0.25) is 5.02 Å². The molecule has 122 valence electrons. The minimum atomic E-state index is 0.537. The summed E-state index contributed by atoms with van der Waals surface area (Å²) in [7, 11) is 0. The standard InChI is InChI=1S/C16H24ClN3O2/c1-3-6-19-16(18-4-2)20-11-12-9-13(17)15-14(10-12)21-7-5-8-22-15/h9-10H,3-8,11H2,1-2H3,(H2,18,19,20). The second-order valence-electron chi connectivity index (χ2n) is 5.08. The summed E-state index contributed by atoms with van der Waals surface area (Å²) in [5.74, 6) is 2.16. The highest BCUT2D eigenvalue weighted by Gasteiger charge is 2.15. The van der Waals surface area contributed by atoms with Crippen LogP contribution in [0, 0.1) is 0 Å². The van der Waals surface area contributed by atoms with Crippen LogP contribution in [0.4, 0.5) is 0 Å². The van der Waals surface area contributed by atoms with Crippen molar-refractivity contribution in [2.75, 3.05) is 26.3 Å². The molecule has 0 unspecified atom stereocenters. The van der Waals surface area contributed by atoms with Gasteiger partial charge in [-0.3, -0.25) is 0 Å². The topological polar surface area (TPSA) is 54.9 Å². The summed E-state index contributed by atoms with van der Waals surface area (Å²) < 4.78 is 11.3. The Morgan fingerprint density at radius 3 is 2.82 bits per heavy atom. The summed E-state index contributed by atoms with van der Waals surface area (Å²) in [4.78, 5) is 4.57. The van der Waals surface area contributed by atoms with Gasteiger partial charge < -0.3 is 20.1 Å². The normalized spacial score (nSPS) is 14.4. The molecular weight excluding hydrogens is 302 g/mol. The van der Waals surface area contributed by atoms with Crippen molar-refractivity contribution < 1.29 is 9.47 Å². The molecule has 1 aliphatic heterocycles. The maximum Gasteiger partial charge on any atom is 0.191 e. The largest absolute Gasteiger partial charge is 0.489 e. The number of rotatable bonds is 5. The van der Waals surface area contributed by atoms with Gasteiger partial charge >= 0.3 is 0 Å². The van der Waals surface area contributed by atoms with Crippen molar-refractivity contribution in [2.24, 2.45) is 4.99 Å². The van der Waals surface area contributed by atoms with Gasteiger partial charge in [0.1, 0.15) is 0 Å². The number of guanidine groups is 1. The molecule has 0 radical (unpaired) electrons. The molecule has 0 aliphatic carbocycles. The van der Waals surface area contributed by atoms with Crippen LogP contribution in [-0.4, -0.2) is 32.3 Å². The van der Waals surface area contributed by atoms with Crippen molar-refractivity contribution >= 4 is 17.6 Å². The van der Waals surface area contributed by atoms with Crippen LogP contribution in [0.3, 0.4) is 0 Å². The monoisotopic (exact) mass is 325 g/mol. The zero-order valence-corrected chi connectivity index (χ0v) is 14.0. The molecule has 0 amide bonds. The lowest BCUT2D eigenvalue weighted by Crippen LogP contribution is -2.37. The minimum Gasteiger partial charge on any atom is -0.489 e. The Balaban J connectivity index is 2.11. The third-order valence-corrected chi connectivity index (χ3v) is 3.45. The highest BCUT2D eigenvalue weighted by Crippen LogP contribution is 2.38. The van der Waals surface area contributed by atoms with Gasteiger partial charge in [-0.2, -0.15) is 0 Å². The molecule has 0 spiro atoms. The predicted molar refractivity (Wildman–Crippen MR) is 90.2 cm³/mol. The van der Waals surface area contributed by atoms with Crippen LogP contribution in [0.25, 0.3) is 0 Å².